The predicted molar refractivity (Wildman–Crippen MR) is 217 cm³/mol. The fraction of sp³-hybridized carbons (Fsp3) is 0. The molecule has 0 saturated carbocycles. The molecule has 6 aromatic carbocycles. The van der Waals surface area contributed by atoms with Crippen molar-refractivity contribution in [2.75, 3.05) is 0 Å². The molecule has 254 valence electrons. The van der Waals surface area contributed by atoms with E-state index in [9.17, 15) is 0 Å². The molecule has 0 radical (unpaired) electrons. The van der Waals surface area contributed by atoms with Gasteiger partial charge in [-0.15, -0.1) is 0 Å². The molecule has 9 aromatic rings. The zero-order chi connectivity index (χ0) is 36.1. The van der Waals surface area contributed by atoms with Crippen molar-refractivity contribution in [2.45, 2.75) is 0 Å². The summed E-state index contributed by atoms with van der Waals surface area (Å²) in [7, 11) is 0. The van der Waals surface area contributed by atoms with Crippen molar-refractivity contribution in [3.8, 4) is 90.3 Å². The summed E-state index contributed by atoms with van der Waals surface area (Å²) in [4.78, 5) is 29.8. The largest absolute Gasteiger partial charge is 0.263 e. The van der Waals surface area contributed by atoms with Gasteiger partial charge in [0.15, 0.2) is 23.3 Å². The summed E-state index contributed by atoms with van der Waals surface area (Å²) in [6.07, 6.45) is 3.73. The molecule has 0 N–H and O–H groups in total. The number of pyridine rings is 1. The van der Waals surface area contributed by atoms with Crippen molar-refractivity contribution < 1.29 is 0 Å². The van der Waals surface area contributed by atoms with Crippen molar-refractivity contribution in [1.29, 1.82) is 0 Å². The summed E-state index contributed by atoms with van der Waals surface area (Å²) in [5.41, 5.74) is 11.3. The Morgan fingerprint density at radius 2 is 0.630 bits per heavy atom. The predicted octanol–water partition coefficient (Wildman–Crippen LogP) is 11.4. The summed E-state index contributed by atoms with van der Waals surface area (Å²) in [5.74, 6) is 2.45. The quantitative estimate of drug-likeness (QED) is 0.158. The third-order valence-corrected chi connectivity index (χ3v) is 9.26. The minimum atomic E-state index is 0.582. The third-order valence-electron chi connectivity index (χ3n) is 9.26. The van der Waals surface area contributed by atoms with Crippen LogP contribution in [0.4, 0.5) is 0 Å². The Morgan fingerprint density at radius 3 is 1.19 bits per heavy atom. The van der Waals surface area contributed by atoms with Crippen LogP contribution in [-0.4, -0.2) is 29.9 Å². The molecule has 0 aliphatic heterocycles. The summed E-state index contributed by atoms with van der Waals surface area (Å²) < 4.78 is 0. The first-order valence-electron chi connectivity index (χ1n) is 17.8. The number of benzene rings is 6. The van der Waals surface area contributed by atoms with Gasteiger partial charge >= 0.3 is 0 Å². The van der Waals surface area contributed by atoms with E-state index in [1.807, 2.05) is 128 Å². The van der Waals surface area contributed by atoms with Crippen molar-refractivity contribution in [3.05, 3.63) is 194 Å². The van der Waals surface area contributed by atoms with E-state index in [1.54, 1.807) is 0 Å². The Balaban J connectivity index is 1.15. The average Bonchev–Trinajstić information content (AvgIpc) is 3.27. The van der Waals surface area contributed by atoms with E-state index < -0.39 is 0 Å². The maximum absolute atomic E-state index is 5.09. The summed E-state index contributed by atoms with van der Waals surface area (Å²) in [5, 5.41) is 0. The van der Waals surface area contributed by atoms with Crippen LogP contribution in [0.1, 0.15) is 0 Å². The molecule has 0 fully saturated rings. The van der Waals surface area contributed by atoms with Gasteiger partial charge in [0.1, 0.15) is 0 Å². The SMILES string of the molecule is c1ccc(-c2ccc(-c3cc(-c4cncc(-c5ccccc5-c5nc(-c6ccccc6)nc(-c6ccccc6)n5)c4)nc(-c4ccccc4)n3)cc2)cc1. The summed E-state index contributed by atoms with van der Waals surface area (Å²) in [6, 6.07) is 61.4. The lowest BCUT2D eigenvalue weighted by Gasteiger charge is -2.13. The van der Waals surface area contributed by atoms with Gasteiger partial charge in [-0.1, -0.05) is 170 Å². The van der Waals surface area contributed by atoms with Crippen LogP contribution in [0.15, 0.2) is 194 Å². The van der Waals surface area contributed by atoms with Gasteiger partial charge in [0.25, 0.3) is 0 Å². The number of hydrogen-bond acceptors (Lipinski definition) is 6. The maximum atomic E-state index is 5.09. The molecule has 0 bridgehead atoms. The second kappa shape index (κ2) is 14.7. The lowest BCUT2D eigenvalue weighted by molar-refractivity contribution is 1.07. The van der Waals surface area contributed by atoms with Crippen LogP contribution >= 0.6 is 0 Å². The van der Waals surface area contributed by atoms with E-state index in [-0.39, 0.29) is 0 Å². The number of rotatable bonds is 8. The molecule has 6 nitrogen and oxygen atoms in total. The Hall–Kier alpha value is -7.44. The molecule has 54 heavy (non-hydrogen) atoms. The molecular formula is C48H32N6. The molecule has 0 spiro atoms. The minimum Gasteiger partial charge on any atom is -0.263 e. The highest BCUT2D eigenvalue weighted by Gasteiger charge is 2.17. The highest BCUT2D eigenvalue weighted by Crippen LogP contribution is 2.35. The van der Waals surface area contributed by atoms with E-state index in [4.69, 9.17) is 29.9 Å². The van der Waals surface area contributed by atoms with Crippen LogP contribution in [0.25, 0.3) is 90.3 Å². The number of aromatic nitrogens is 6. The van der Waals surface area contributed by atoms with Crippen molar-refractivity contribution in [2.24, 2.45) is 0 Å². The molecule has 0 aliphatic carbocycles. The van der Waals surface area contributed by atoms with Crippen LogP contribution in [-0.2, 0) is 0 Å². The van der Waals surface area contributed by atoms with Crippen molar-refractivity contribution in [1.82, 2.24) is 29.9 Å². The van der Waals surface area contributed by atoms with E-state index in [2.05, 4.69) is 66.7 Å². The third kappa shape index (κ3) is 6.79. The Morgan fingerprint density at radius 1 is 0.241 bits per heavy atom. The van der Waals surface area contributed by atoms with Crippen LogP contribution in [0.5, 0.6) is 0 Å². The number of nitrogens with zero attached hydrogens (tertiary/aromatic N) is 6. The molecule has 6 heteroatoms. The van der Waals surface area contributed by atoms with Gasteiger partial charge in [-0.2, -0.15) is 0 Å². The first-order chi connectivity index (χ1) is 26.7. The van der Waals surface area contributed by atoms with E-state index >= 15 is 0 Å². The van der Waals surface area contributed by atoms with Crippen molar-refractivity contribution in [3.63, 3.8) is 0 Å². The second-order valence-corrected chi connectivity index (χ2v) is 12.8. The first-order valence-corrected chi connectivity index (χ1v) is 17.8. The van der Waals surface area contributed by atoms with E-state index in [1.165, 1.54) is 5.56 Å². The zero-order valence-electron chi connectivity index (χ0n) is 29.2. The van der Waals surface area contributed by atoms with E-state index in [0.717, 1.165) is 61.5 Å². The minimum absolute atomic E-state index is 0.582. The van der Waals surface area contributed by atoms with Crippen LogP contribution in [0.3, 0.4) is 0 Å². The topological polar surface area (TPSA) is 77.3 Å². The summed E-state index contributed by atoms with van der Waals surface area (Å²) in [6.45, 7) is 0. The van der Waals surface area contributed by atoms with E-state index in [0.29, 0.717) is 23.3 Å². The van der Waals surface area contributed by atoms with Gasteiger partial charge in [0.2, 0.25) is 0 Å². The molecule has 0 saturated heterocycles. The standard InChI is InChI=1S/C48H32N6/c1-5-15-33(16-6-1)34-25-27-35(28-26-34)43-30-44(51-45(50-43)36-17-7-2-8-18-36)40-29-39(31-49-32-40)41-23-13-14-24-42(41)48-53-46(37-19-9-3-10-20-37)52-47(54-48)38-21-11-4-12-22-38/h1-32H. The first kappa shape index (κ1) is 32.5. The smallest absolute Gasteiger partial charge is 0.164 e. The maximum Gasteiger partial charge on any atom is 0.164 e. The zero-order valence-corrected chi connectivity index (χ0v) is 29.2. The van der Waals surface area contributed by atoms with Crippen LogP contribution in [0, 0.1) is 0 Å². The van der Waals surface area contributed by atoms with Gasteiger partial charge in [0.05, 0.1) is 11.4 Å². The summed E-state index contributed by atoms with van der Waals surface area (Å²) >= 11 is 0. The lowest BCUT2D eigenvalue weighted by atomic mass is 9.98. The fourth-order valence-corrected chi connectivity index (χ4v) is 6.51. The molecule has 0 atom stereocenters. The van der Waals surface area contributed by atoms with Gasteiger partial charge < -0.3 is 0 Å². The molecule has 9 rings (SSSR count). The fourth-order valence-electron chi connectivity index (χ4n) is 6.51. The van der Waals surface area contributed by atoms with Crippen molar-refractivity contribution >= 4 is 0 Å². The Bertz CT molecular complexity index is 2630. The molecule has 3 aromatic heterocycles. The number of hydrogen-bond donors (Lipinski definition) is 0. The Kier molecular flexibility index (Phi) is 8.81. The van der Waals surface area contributed by atoms with Gasteiger partial charge in [-0.3, -0.25) is 4.98 Å². The van der Waals surface area contributed by atoms with Gasteiger partial charge in [-0.25, -0.2) is 24.9 Å². The Labute approximate surface area is 313 Å². The normalized spacial score (nSPS) is 11.0. The average molecular weight is 693 g/mol. The van der Waals surface area contributed by atoms with Crippen LogP contribution < -0.4 is 0 Å². The van der Waals surface area contributed by atoms with Crippen LogP contribution in [0.2, 0.25) is 0 Å². The second-order valence-electron chi connectivity index (χ2n) is 12.8. The monoisotopic (exact) mass is 692 g/mol. The molecule has 0 unspecified atom stereocenters. The molecule has 0 amide bonds. The lowest BCUT2D eigenvalue weighted by Crippen LogP contribution is -2.01. The molecule has 0 aliphatic rings. The molecule has 3 heterocycles. The van der Waals surface area contributed by atoms with Gasteiger partial charge in [0, 0.05) is 51.3 Å². The molecular weight excluding hydrogens is 661 g/mol. The van der Waals surface area contributed by atoms with Gasteiger partial charge in [-0.05, 0) is 28.8 Å². The highest BCUT2D eigenvalue weighted by atomic mass is 15.0. The highest BCUT2D eigenvalue weighted by molar-refractivity contribution is 5.84.